The Kier molecular flexibility index (Phi) is 5.88. The molecular weight excluding hydrogens is 292 g/mol. The van der Waals surface area contributed by atoms with Gasteiger partial charge in [-0.1, -0.05) is 12.1 Å². The fraction of sp³-hybridized carbons (Fsp3) is 0.611. The van der Waals surface area contributed by atoms with Gasteiger partial charge in [0.15, 0.2) is 0 Å². The number of nitrogens with one attached hydrogen (secondary N) is 1. The second-order valence-electron chi connectivity index (χ2n) is 6.57. The number of hydrogen-bond donors (Lipinski definition) is 1. The first-order chi connectivity index (χ1) is 10.8. The third kappa shape index (κ3) is 5.13. The average molecular weight is 320 g/mol. The van der Waals surface area contributed by atoms with Crippen LogP contribution in [0.5, 0.6) is 5.75 Å². The predicted molar refractivity (Wildman–Crippen MR) is 90.7 cm³/mol. The van der Waals surface area contributed by atoms with E-state index in [0.717, 1.165) is 11.3 Å². The van der Waals surface area contributed by atoms with Gasteiger partial charge in [-0.15, -0.1) is 0 Å². The van der Waals surface area contributed by atoms with E-state index in [0.29, 0.717) is 13.1 Å². The molecule has 3 unspecified atom stereocenters. The molecule has 0 spiro atoms. The Hall–Kier alpha value is -1.75. The van der Waals surface area contributed by atoms with E-state index < -0.39 is 0 Å². The number of carbonyl (C=O) groups excluding carboxylic acids is 1. The molecule has 1 aliphatic rings. The first-order valence-electron chi connectivity index (χ1n) is 8.32. The van der Waals surface area contributed by atoms with Crippen molar-refractivity contribution in [2.45, 2.75) is 59.0 Å². The molecule has 2 rings (SSSR count). The molecule has 5 heteroatoms. The van der Waals surface area contributed by atoms with Crippen molar-refractivity contribution >= 4 is 6.03 Å². The van der Waals surface area contributed by atoms with Crippen molar-refractivity contribution in [1.82, 2.24) is 10.2 Å². The number of amides is 2. The zero-order valence-electron chi connectivity index (χ0n) is 14.7. The molecule has 0 aliphatic carbocycles. The molecular formula is C18H28N2O3. The van der Waals surface area contributed by atoms with E-state index in [1.165, 1.54) is 0 Å². The van der Waals surface area contributed by atoms with Gasteiger partial charge in [0, 0.05) is 13.1 Å². The summed E-state index contributed by atoms with van der Waals surface area (Å²) in [6.45, 7) is 11.2. The Morgan fingerprint density at radius 3 is 2.52 bits per heavy atom. The summed E-state index contributed by atoms with van der Waals surface area (Å²) >= 11 is 0. The number of urea groups is 1. The summed E-state index contributed by atoms with van der Waals surface area (Å²) in [4.78, 5) is 14.3. The fourth-order valence-corrected chi connectivity index (χ4v) is 2.83. The molecule has 1 aromatic carbocycles. The van der Waals surface area contributed by atoms with Crippen LogP contribution in [0.25, 0.3) is 0 Å². The van der Waals surface area contributed by atoms with Crippen molar-refractivity contribution in [3.63, 3.8) is 0 Å². The van der Waals surface area contributed by atoms with E-state index >= 15 is 0 Å². The summed E-state index contributed by atoms with van der Waals surface area (Å²) in [6.07, 6.45) is 0.275. The molecule has 23 heavy (non-hydrogen) atoms. The van der Waals surface area contributed by atoms with Crippen LogP contribution >= 0.6 is 0 Å². The molecule has 2 amide bonds. The van der Waals surface area contributed by atoms with E-state index in [2.05, 4.69) is 5.32 Å². The van der Waals surface area contributed by atoms with Gasteiger partial charge in [-0.2, -0.15) is 0 Å². The summed E-state index contributed by atoms with van der Waals surface area (Å²) in [6, 6.07) is 7.75. The molecule has 5 nitrogen and oxygen atoms in total. The van der Waals surface area contributed by atoms with E-state index in [-0.39, 0.29) is 30.4 Å². The smallest absolute Gasteiger partial charge is 0.318 e. The van der Waals surface area contributed by atoms with E-state index in [9.17, 15) is 4.79 Å². The lowest BCUT2D eigenvalue weighted by molar-refractivity contribution is -0.0547. The summed E-state index contributed by atoms with van der Waals surface area (Å²) < 4.78 is 11.4. The summed E-state index contributed by atoms with van der Waals surface area (Å²) in [7, 11) is 0. The van der Waals surface area contributed by atoms with Gasteiger partial charge in [-0.25, -0.2) is 4.79 Å². The van der Waals surface area contributed by atoms with Crippen molar-refractivity contribution < 1.29 is 14.3 Å². The Balaban J connectivity index is 1.98. The van der Waals surface area contributed by atoms with Crippen LogP contribution < -0.4 is 10.1 Å². The summed E-state index contributed by atoms with van der Waals surface area (Å²) in [5, 5.41) is 3.06. The highest BCUT2D eigenvalue weighted by Crippen LogP contribution is 2.20. The van der Waals surface area contributed by atoms with Gasteiger partial charge >= 0.3 is 6.03 Å². The van der Waals surface area contributed by atoms with Crippen LogP contribution in [0.1, 0.15) is 46.2 Å². The lowest BCUT2D eigenvalue weighted by atomic mass is 10.1. The highest BCUT2D eigenvalue weighted by atomic mass is 16.5. The Morgan fingerprint density at radius 2 is 1.91 bits per heavy atom. The second kappa shape index (κ2) is 7.68. The minimum absolute atomic E-state index is 0.0466. The molecule has 0 bridgehead atoms. The summed E-state index contributed by atoms with van der Waals surface area (Å²) in [5.74, 6) is 0.826. The van der Waals surface area contributed by atoms with Crippen molar-refractivity contribution in [2.24, 2.45) is 0 Å². The monoisotopic (exact) mass is 320 g/mol. The number of carbonyl (C=O) groups is 1. The Labute approximate surface area is 139 Å². The minimum atomic E-state index is -0.0772. The lowest BCUT2D eigenvalue weighted by Crippen LogP contribution is -2.52. The SMILES string of the molecule is CC(C)Oc1cccc(C(C)NC(=O)N2CC(C)OC(C)C2)c1. The molecule has 0 radical (unpaired) electrons. The highest BCUT2D eigenvalue weighted by Gasteiger charge is 2.26. The molecule has 3 atom stereocenters. The van der Waals surface area contributed by atoms with Gasteiger partial charge in [0.25, 0.3) is 0 Å². The van der Waals surface area contributed by atoms with Crippen molar-refractivity contribution in [3.8, 4) is 5.75 Å². The maximum Gasteiger partial charge on any atom is 0.318 e. The van der Waals surface area contributed by atoms with E-state index in [4.69, 9.17) is 9.47 Å². The van der Waals surface area contributed by atoms with Gasteiger partial charge in [0.1, 0.15) is 5.75 Å². The van der Waals surface area contributed by atoms with E-state index in [1.54, 1.807) is 0 Å². The molecule has 1 N–H and O–H groups in total. The van der Waals surface area contributed by atoms with Crippen LogP contribution in [-0.2, 0) is 4.74 Å². The zero-order valence-corrected chi connectivity index (χ0v) is 14.7. The lowest BCUT2D eigenvalue weighted by Gasteiger charge is -2.35. The van der Waals surface area contributed by atoms with Crippen LogP contribution in [0.3, 0.4) is 0 Å². The average Bonchev–Trinajstić information content (AvgIpc) is 2.45. The van der Waals surface area contributed by atoms with Crippen molar-refractivity contribution in [3.05, 3.63) is 29.8 Å². The number of ether oxygens (including phenoxy) is 2. The molecule has 1 heterocycles. The van der Waals surface area contributed by atoms with Crippen molar-refractivity contribution in [1.29, 1.82) is 0 Å². The Bertz CT molecular complexity index is 523. The molecule has 128 valence electrons. The van der Waals surface area contributed by atoms with Gasteiger partial charge in [0.05, 0.1) is 24.4 Å². The van der Waals surface area contributed by atoms with Crippen molar-refractivity contribution in [2.75, 3.05) is 13.1 Å². The number of morpholine rings is 1. The number of rotatable bonds is 4. The third-order valence-electron chi connectivity index (χ3n) is 3.78. The third-order valence-corrected chi connectivity index (χ3v) is 3.78. The van der Waals surface area contributed by atoms with Gasteiger partial charge in [0.2, 0.25) is 0 Å². The van der Waals surface area contributed by atoms with E-state index in [1.807, 2.05) is 63.8 Å². The van der Waals surface area contributed by atoms with Crippen LogP contribution in [0.4, 0.5) is 4.79 Å². The van der Waals surface area contributed by atoms with Crippen LogP contribution in [-0.4, -0.2) is 42.3 Å². The van der Waals surface area contributed by atoms with Crippen LogP contribution in [0.15, 0.2) is 24.3 Å². The quantitative estimate of drug-likeness (QED) is 0.925. The molecule has 1 aromatic rings. The maximum atomic E-state index is 12.5. The largest absolute Gasteiger partial charge is 0.491 e. The first kappa shape index (κ1) is 17.6. The topological polar surface area (TPSA) is 50.8 Å². The molecule has 0 saturated carbocycles. The minimum Gasteiger partial charge on any atom is -0.491 e. The number of hydrogen-bond acceptors (Lipinski definition) is 3. The Morgan fingerprint density at radius 1 is 1.26 bits per heavy atom. The number of nitrogens with zero attached hydrogens (tertiary/aromatic N) is 1. The highest BCUT2D eigenvalue weighted by molar-refractivity contribution is 5.75. The normalized spacial score (nSPS) is 22.8. The van der Waals surface area contributed by atoms with Gasteiger partial charge < -0.3 is 19.7 Å². The second-order valence-corrected chi connectivity index (χ2v) is 6.57. The number of benzene rings is 1. The maximum absolute atomic E-state index is 12.5. The molecule has 1 aliphatic heterocycles. The van der Waals surface area contributed by atoms with Crippen LogP contribution in [0, 0.1) is 0 Å². The van der Waals surface area contributed by atoms with Crippen LogP contribution in [0.2, 0.25) is 0 Å². The summed E-state index contributed by atoms with van der Waals surface area (Å²) in [5.41, 5.74) is 1.03. The zero-order chi connectivity index (χ0) is 17.0. The standard InChI is InChI=1S/C18H28N2O3/c1-12(2)22-17-8-6-7-16(9-17)15(5)19-18(21)20-10-13(3)23-14(4)11-20/h6-9,12-15H,10-11H2,1-5H3,(H,19,21). The molecule has 0 aromatic heterocycles. The predicted octanol–water partition coefficient (Wildman–Crippen LogP) is 3.35. The fourth-order valence-electron chi connectivity index (χ4n) is 2.83. The van der Waals surface area contributed by atoms with Gasteiger partial charge in [-0.3, -0.25) is 0 Å². The molecule has 1 fully saturated rings. The first-order valence-corrected chi connectivity index (χ1v) is 8.32. The molecule has 1 saturated heterocycles. The van der Waals surface area contributed by atoms with Gasteiger partial charge in [-0.05, 0) is 52.3 Å².